The van der Waals surface area contributed by atoms with Crippen molar-refractivity contribution in [2.24, 2.45) is 0 Å². The average Bonchev–Trinajstić information content (AvgIpc) is 3.17. The molecule has 1 N–H and O–H groups in total. The van der Waals surface area contributed by atoms with Crippen molar-refractivity contribution >= 4 is 5.95 Å². The number of aromatic nitrogens is 4. The summed E-state index contributed by atoms with van der Waals surface area (Å²) in [7, 11) is 0. The Morgan fingerprint density at radius 1 is 1.15 bits per heavy atom. The topological polar surface area (TPSA) is 58.9 Å². The van der Waals surface area contributed by atoms with E-state index in [0.717, 1.165) is 44.2 Å². The highest BCUT2D eigenvalue weighted by Gasteiger charge is 2.14. The van der Waals surface area contributed by atoms with Gasteiger partial charge in [0.2, 0.25) is 5.95 Å². The maximum atomic E-state index is 4.45. The molecular formula is C14H20N6. The normalized spacial score (nSPS) is 14.9. The second kappa shape index (κ2) is 6.47. The quantitative estimate of drug-likeness (QED) is 0.797. The van der Waals surface area contributed by atoms with Gasteiger partial charge in [0.25, 0.3) is 0 Å². The summed E-state index contributed by atoms with van der Waals surface area (Å²) in [4.78, 5) is 11.1. The van der Waals surface area contributed by atoms with Gasteiger partial charge in [-0.3, -0.25) is 4.68 Å². The number of nitrogens with one attached hydrogen (secondary N) is 1. The van der Waals surface area contributed by atoms with Crippen LogP contribution in [0.5, 0.6) is 0 Å². The number of rotatable bonds is 6. The van der Waals surface area contributed by atoms with E-state index >= 15 is 0 Å². The van der Waals surface area contributed by atoms with Crippen LogP contribution in [0.4, 0.5) is 5.95 Å². The number of nitrogens with zero attached hydrogens (tertiary/aromatic N) is 5. The van der Waals surface area contributed by atoms with Crippen molar-refractivity contribution in [3.8, 4) is 0 Å². The predicted octanol–water partition coefficient (Wildman–Crippen LogP) is 1.06. The van der Waals surface area contributed by atoms with Crippen molar-refractivity contribution in [1.82, 2.24) is 25.1 Å². The molecule has 0 aromatic carbocycles. The zero-order valence-electron chi connectivity index (χ0n) is 11.6. The Hall–Kier alpha value is -1.95. The Bertz CT molecular complexity index is 501. The van der Waals surface area contributed by atoms with Gasteiger partial charge in [-0.1, -0.05) is 0 Å². The smallest absolute Gasteiger partial charge is 0.225 e. The third-order valence-electron chi connectivity index (χ3n) is 3.49. The Labute approximate surface area is 118 Å². The summed E-state index contributed by atoms with van der Waals surface area (Å²) in [6.07, 6.45) is 10.1. The first kappa shape index (κ1) is 13.1. The zero-order chi connectivity index (χ0) is 13.6. The lowest BCUT2D eigenvalue weighted by atomic mass is 10.3. The molecule has 0 aliphatic carbocycles. The molecule has 1 saturated heterocycles. The molecule has 106 valence electrons. The van der Waals surface area contributed by atoms with E-state index in [1.54, 1.807) is 6.20 Å². The lowest BCUT2D eigenvalue weighted by molar-refractivity contribution is 0.554. The van der Waals surface area contributed by atoms with Crippen LogP contribution >= 0.6 is 0 Å². The SMILES string of the molecule is c1cnn(CCNCc2cnc(N3CCCC3)nc2)c1. The Morgan fingerprint density at radius 3 is 2.65 bits per heavy atom. The molecule has 6 heteroatoms. The molecule has 0 spiro atoms. The number of hydrogen-bond donors (Lipinski definition) is 1. The summed E-state index contributed by atoms with van der Waals surface area (Å²) in [5.41, 5.74) is 1.12. The van der Waals surface area contributed by atoms with Crippen LogP contribution in [0.15, 0.2) is 30.9 Å². The molecule has 2 aromatic heterocycles. The van der Waals surface area contributed by atoms with Crippen LogP contribution in [0.2, 0.25) is 0 Å². The minimum atomic E-state index is 0.793. The van der Waals surface area contributed by atoms with E-state index in [2.05, 4.69) is 25.3 Å². The second-order valence-corrected chi connectivity index (χ2v) is 5.03. The van der Waals surface area contributed by atoms with E-state index in [9.17, 15) is 0 Å². The standard InChI is InChI=1S/C14H20N6/c1-2-7-19(6-1)14-16-11-13(12-17-14)10-15-5-9-20-8-3-4-18-20/h3-4,8,11-12,15H,1-2,5-7,9-10H2. The molecule has 0 amide bonds. The minimum Gasteiger partial charge on any atom is -0.341 e. The molecule has 0 atom stereocenters. The number of hydrogen-bond acceptors (Lipinski definition) is 5. The molecular weight excluding hydrogens is 252 g/mol. The highest BCUT2D eigenvalue weighted by Crippen LogP contribution is 2.14. The van der Waals surface area contributed by atoms with Gasteiger partial charge in [-0.25, -0.2) is 9.97 Å². The van der Waals surface area contributed by atoms with Crippen molar-refractivity contribution in [1.29, 1.82) is 0 Å². The van der Waals surface area contributed by atoms with E-state index in [4.69, 9.17) is 0 Å². The monoisotopic (exact) mass is 272 g/mol. The fourth-order valence-electron chi connectivity index (χ4n) is 2.38. The molecule has 0 bridgehead atoms. The van der Waals surface area contributed by atoms with E-state index in [1.807, 2.05) is 29.3 Å². The van der Waals surface area contributed by atoms with Crippen LogP contribution in [0, 0.1) is 0 Å². The van der Waals surface area contributed by atoms with E-state index in [-0.39, 0.29) is 0 Å². The summed E-state index contributed by atoms with van der Waals surface area (Å²) in [6, 6.07) is 1.94. The van der Waals surface area contributed by atoms with Gasteiger partial charge < -0.3 is 10.2 Å². The van der Waals surface area contributed by atoms with Crippen LogP contribution in [0.1, 0.15) is 18.4 Å². The summed E-state index contributed by atoms with van der Waals surface area (Å²) in [5.74, 6) is 0.864. The van der Waals surface area contributed by atoms with Crippen LogP contribution in [0.25, 0.3) is 0 Å². The maximum Gasteiger partial charge on any atom is 0.225 e. The molecule has 3 rings (SSSR count). The minimum absolute atomic E-state index is 0.793. The molecule has 1 aliphatic rings. The maximum absolute atomic E-state index is 4.45. The van der Waals surface area contributed by atoms with Gasteiger partial charge in [0, 0.05) is 56.5 Å². The highest BCUT2D eigenvalue weighted by atomic mass is 15.3. The van der Waals surface area contributed by atoms with Crippen molar-refractivity contribution in [2.75, 3.05) is 24.5 Å². The van der Waals surface area contributed by atoms with Crippen molar-refractivity contribution < 1.29 is 0 Å². The lowest BCUT2D eigenvalue weighted by Gasteiger charge is -2.14. The molecule has 1 aliphatic heterocycles. The average molecular weight is 272 g/mol. The second-order valence-electron chi connectivity index (χ2n) is 5.03. The molecule has 1 fully saturated rings. The zero-order valence-corrected chi connectivity index (χ0v) is 11.6. The van der Waals surface area contributed by atoms with Gasteiger partial charge in [-0.2, -0.15) is 5.10 Å². The third-order valence-corrected chi connectivity index (χ3v) is 3.49. The molecule has 6 nitrogen and oxygen atoms in total. The Morgan fingerprint density at radius 2 is 1.95 bits per heavy atom. The predicted molar refractivity (Wildman–Crippen MR) is 77.4 cm³/mol. The van der Waals surface area contributed by atoms with Crippen molar-refractivity contribution in [3.63, 3.8) is 0 Å². The van der Waals surface area contributed by atoms with Gasteiger partial charge in [0.05, 0.1) is 6.54 Å². The van der Waals surface area contributed by atoms with Gasteiger partial charge in [0.15, 0.2) is 0 Å². The van der Waals surface area contributed by atoms with Crippen LogP contribution < -0.4 is 10.2 Å². The van der Waals surface area contributed by atoms with Gasteiger partial charge in [0.1, 0.15) is 0 Å². The molecule has 20 heavy (non-hydrogen) atoms. The van der Waals surface area contributed by atoms with Crippen LogP contribution in [0.3, 0.4) is 0 Å². The Kier molecular flexibility index (Phi) is 4.22. The van der Waals surface area contributed by atoms with Crippen molar-refractivity contribution in [3.05, 3.63) is 36.4 Å². The fourth-order valence-corrected chi connectivity index (χ4v) is 2.38. The first-order chi connectivity index (χ1) is 9.92. The van der Waals surface area contributed by atoms with Gasteiger partial charge in [-0.05, 0) is 18.9 Å². The highest BCUT2D eigenvalue weighted by molar-refractivity contribution is 5.30. The van der Waals surface area contributed by atoms with E-state index in [0.29, 0.717) is 0 Å². The Balaban J connectivity index is 1.43. The first-order valence-corrected chi connectivity index (χ1v) is 7.16. The molecule has 0 radical (unpaired) electrons. The molecule has 3 heterocycles. The summed E-state index contributed by atoms with van der Waals surface area (Å²) in [6.45, 7) is 4.72. The molecule has 2 aromatic rings. The van der Waals surface area contributed by atoms with E-state index in [1.165, 1.54) is 12.8 Å². The van der Waals surface area contributed by atoms with Crippen LogP contribution in [-0.2, 0) is 13.1 Å². The van der Waals surface area contributed by atoms with E-state index < -0.39 is 0 Å². The third kappa shape index (κ3) is 3.33. The lowest BCUT2D eigenvalue weighted by Crippen LogP contribution is -2.22. The van der Waals surface area contributed by atoms with Gasteiger partial charge >= 0.3 is 0 Å². The van der Waals surface area contributed by atoms with Crippen molar-refractivity contribution in [2.45, 2.75) is 25.9 Å². The summed E-state index contributed by atoms with van der Waals surface area (Å²) in [5, 5.41) is 7.54. The molecule has 0 unspecified atom stereocenters. The summed E-state index contributed by atoms with van der Waals surface area (Å²) < 4.78 is 1.92. The summed E-state index contributed by atoms with van der Waals surface area (Å²) >= 11 is 0. The van der Waals surface area contributed by atoms with Gasteiger partial charge in [-0.15, -0.1) is 0 Å². The van der Waals surface area contributed by atoms with Crippen LogP contribution in [-0.4, -0.2) is 39.4 Å². The fraction of sp³-hybridized carbons (Fsp3) is 0.500. The largest absolute Gasteiger partial charge is 0.341 e. The molecule has 0 saturated carbocycles. The first-order valence-electron chi connectivity index (χ1n) is 7.16. The number of anilines is 1.